The monoisotopic (exact) mass is 589 g/mol. The van der Waals surface area contributed by atoms with Gasteiger partial charge in [0.2, 0.25) is 0 Å². The molecule has 5 rings (SSSR count). The number of fused-ring (bicyclic) bond motifs is 1. The van der Waals surface area contributed by atoms with Crippen molar-refractivity contribution in [2.24, 2.45) is 0 Å². The van der Waals surface area contributed by atoms with Crippen molar-refractivity contribution in [3.8, 4) is 22.6 Å². The third-order valence-electron chi connectivity index (χ3n) is 6.73. The molecule has 2 heterocycles. The minimum absolute atomic E-state index is 0.150. The first kappa shape index (κ1) is 27.4. The smallest absolute Gasteiger partial charge is 0.263 e. The molecular formula is C27H29Cl2N5O4S. The number of benzene rings is 3. The predicted molar refractivity (Wildman–Crippen MR) is 156 cm³/mol. The summed E-state index contributed by atoms with van der Waals surface area (Å²) < 4.78 is 39.8. The third-order valence-corrected chi connectivity index (χ3v) is 8.83. The molecule has 1 fully saturated rings. The van der Waals surface area contributed by atoms with Crippen LogP contribution in [0.1, 0.15) is 13.8 Å². The standard InChI is InChI=1S/C27H29Cl2N5O4S/c1-15-13-34(14-16(2)30-15)18-6-8-19(9-7-18)39(35,36)33-27-20-10-5-17(11-21(20)31-32-27)24-25(28)22(37-3)12-23(38-4)26(24)29/h5-12,15-16,30H,13-14H2,1-4H3,(H2,31,32,33)/t15-,16+. The summed E-state index contributed by atoms with van der Waals surface area (Å²) in [6.45, 7) is 5.99. The van der Waals surface area contributed by atoms with Gasteiger partial charge in [0.25, 0.3) is 10.0 Å². The number of hydrogen-bond acceptors (Lipinski definition) is 7. The van der Waals surface area contributed by atoms with Gasteiger partial charge < -0.3 is 19.7 Å². The van der Waals surface area contributed by atoms with Crippen LogP contribution in [-0.4, -0.2) is 58.0 Å². The highest BCUT2D eigenvalue weighted by atomic mass is 35.5. The number of rotatable bonds is 7. The fraction of sp³-hybridized carbons (Fsp3) is 0.296. The maximum atomic E-state index is 13.2. The molecule has 1 saturated heterocycles. The van der Waals surface area contributed by atoms with Gasteiger partial charge in [0.1, 0.15) is 11.5 Å². The highest BCUT2D eigenvalue weighted by molar-refractivity contribution is 7.92. The van der Waals surface area contributed by atoms with E-state index in [1.54, 1.807) is 36.4 Å². The number of aromatic nitrogens is 2. The molecule has 0 spiro atoms. The lowest BCUT2D eigenvalue weighted by atomic mass is 10.0. The van der Waals surface area contributed by atoms with Gasteiger partial charge in [-0.2, -0.15) is 5.10 Å². The highest BCUT2D eigenvalue weighted by Crippen LogP contribution is 2.46. The van der Waals surface area contributed by atoms with Gasteiger partial charge in [-0.25, -0.2) is 8.42 Å². The van der Waals surface area contributed by atoms with Crippen LogP contribution in [0.2, 0.25) is 10.0 Å². The Bertz CT molecular complexity index is 1590. The van der Waals surface area contributed by atoms with Gasteiger partial charge in [-0.15, -0.1) is 0 Å². The van der Waals surface area contributed by atoms with Crippen molar-refractivity contribution in [3.05, 3.63) is 58.6 Å². The molecule has 2 atom stereocenters. The molecule has 4 aromatic rings. The van der Waals surface area contributed by atoms with E-state index in [1.165, 1.54) is 14.2 Å². The van der Waals surface area contributed by atoms with Gasteiger partial charge in [-0.05, 0) is 55.8 Å². The molecule has 12 heteroatoms. The maximum absolute atomic E-state index is 13.2. The zero-order valence-corrected chi connectivity index (χ0v) is 24.2. The summed E-state index contributed by atoms with van der Waals surface area (Å²) in [4.78, 5) is 2.41. The molecule has 0 unspecified atom stereocenters. The van der Waals surface area contributed by atoms with Gasteiger partial charge in [-0.3, -0.25) is 9.82 Å². The van der Waals surface area contributed by atoms with Gasteiger partial charge in [0.15, 0.2) is 5.82 Å². The summed E-state index contributed by atoms with van der Waals surface area (Å²) in [5, 5.41) is 11.9. The third kappa shape index (κ3) is 5.34. The number of nitrogens with one attached hydrogen (secondary N) is 3. The van der Waals surface area contributed by atoms with E-state index in [9.17, 15) is 8.42 Å². The lowest BCUT2D eigenvalue weighted by Crippen LogP contribution is -2.54. The Balaban J connectivity index is 1.41. The molecule has 1 aliphatic heterocycles. The average Bonchev–Trinajstić information content (AvgIpc) is 3.29. The second-order valence-electron chi connectivity index (χ2n) is 9.59. The Kier molecular flexibility index (Phi) is 7.56. The summed E-state index contributed by atoms with van der Waals surface area (Å²) in [6.07, 6.45) is 0. The Morgan fingerprint density at radius 1 is 0.949 bits per heavy atom. The first-order chi connectivity index (χ1) is 18.6. The van der Waals surface area contributed by atoms with Crippen molar-refractivity contribution in [3.63, 3.8) is 0 Å². The molecule has 0 aliphatic carbocycles. The normalized spacial score (nSPS) is 17.8. The molecule has 39 heavy (non-hydrogen) atoms. The number of anilines is 2. The molecule has 0 amide bonds. The van der Waals surface area contributed by atoms with Crippen LogP contribution in [0.4, 0.5) is 11.5 Å². The predicted octanol–water partition coefficient (Wildman–Crippen LogP) is 5.54. The van der Waals surface area contributed by atoms with Crippen LogP contribution in [0.3, 0.4) is 0 Å². The minimum Gasteiger partial charge on any atom is -0.495 e. The topological polar surface area (TPSA) is 109 Å². The van der Waals surface area contributed by atoms with Crippen LogP contribution in [0.5, 0.6) is 11.5 Å². The number of hydrogen-bond donors (Lipinski definition) is 3. The first-order valence-electron chi connectivity index (χ1n) is 12.3. The number of aromatic amines is 1. The number of H-pyrrole nitrogens is 1. The average molecular weight is 591 g/mol. The molecule has 9 nitrogen and oxygen atoms in total. The van der Waals surface area contributed by atoms with Crippen molar-refractivity contribution in [1.29, 1.82) is 0 Å². The molecule has 0 saturated carbocycles. The van der Waals surface area contributed by atoms with Crippen LogP contribution < -0.4 is 24.4 Å². The number of sulfonamides is 1. The summed E-state index contributed by atoms with van der Waals surface area (Å²) in [7, 11) is -0.859. The van der Waals surface area contributed by atoms with E-state index in [4.69, 9.17) is 32.7 Å². The Morgan fingerprint density at radius 2 is 1.56 bits per heavy atom. The lowest BCUT2D eigenvalue weighted by Gasteiger charge is -2.37. The molecule has 0 radical (unpaired) electrons. The van der Waals surface area contributed by atoms with Gasteiger partial charge in [0.05, 0.1) is 34.7 Å². The molecule has 1 aromatic heterocycles. The van der Waals surface area contributed by atoms with Crippen molar-refractivity contribution in [2.75, 3.05) is 36.9 Å². The lowest BCUT2D eigenvalue weighted by molar-refractivity contribution is 0.395. The van der Waals surface area contributed by atoms with Crippen molar-refractivity contribution in [1.82, 2.24) is 15.5 Å². The summed E-state index contributed by atoms with van der Waals surface area (Å²) in [6, 6.07) is 14.5. The molecular weight excluding hydrogens is 561 g/mol. The summed E-state index contributed by atoms with van der Waals surface area (Å²) in [5.41, 5.74) is 2.79. The van der Waals surface area contributed by atoms with Crippen molar-refractivity contribution < 1.29 is 17.9 Å². The van der Waals surface area contributed by atoms with Gasteiger partial charge >= 0.3 is 0 Å². The second-order valence-corrected chi connectivity index (χ2v) is 12.0. The van der Waals surface area contributed by atoms with Crippen LogP contribution >= 0.6 is 23.2 Å². The van der Waals surface area contributed by atoms with Gasteiger partial charge in [-0.1, -0.05) is 29.3 Å². The first-order valence-corrected chi connectivity index (χ1v) is 14.6. The molecule has 3 N–H and O–H groups in total. The van der Waals surface area contributed by atoms with E-state index in [0.717, 1.165) is 18.8 Å². The van der Waals surface area contributed by atoms with Crippen molar-refractivity contribution in [2.45, 2.75) is 30.8 Å². The van der Waals surface area contributed by atoms with Crippen LogP contribution in [0, 0.1) is 0 Å². The molecule has 3 aromatic carbocycles. The Labute approximate surface area is 237 Å². The Morgan fingerprint density at radius 3 is 2.15 bits per heavy atom. The van der Waals surface area contributed by atoms with E-state index in [1.807, 2.05) is 12.1 Å². The zero-order chi connectivity index (χ0) is 27.9. The van der Waals surface area contributed by atoms with E-state index >= 15 is 0 Å². The number of nitrogens with zero attached hydrogens (tertiary/aromatic N) is 2. The quantitative estimate of drug-likeness (QED) is 0.259. The SMILES string of the molecule is COc1cc(OC)c(Cl)c(-c2ccc3c(NS(=O)(=O)c4ccc(N5C[C@@H](C)N[C@@H](C)C5)cc4)n[nH]c3c2)c1Cl. The molecule has 1 aliphatic rings. The summed E-state index contributed by atoms with van der Waals surface area (Å²) in [5.74, 6) is 1.02. The highest BCUT2D eigenvalue weighted by Gasteiger charge is 2.23. The van der Waals surface area contributed by atoms with E-state index in [-0.39, 0.29) is 10.7 Å². The minimum atomic E-state index is -3.88. The number of piperazine rings is 1. The van der Waals surface area contributed by atoms with E-state index < -0.39 is 10.0 Å². The maximum Gasteiger partial charge on any atom is 0.263 e. The second kappa shape index (κ2) is 10.8. The fourth-order valence-corrected chi connectivity index (χ4v) is 6.69. The Hall–Kier alpha value is -3.18. The number of ether oxygens (including phenoxy) is 2. The van der Waals surface area contributed by atoms with Crippen LogP contribution in [0.25, 0.3) is 22.0 Å². The zero-order valence-electron chi connectivity index (χ0n) is 21.9. The largest absolute Gasteiger partial charge is 0.495 e. The summed E-state index contributed by atoms with van der Waals surface area (Å²) >= 11 is 13.2. The van der Waals surface area contributed by atoms with Crippen LogP contribution in [-0.2, 0) is 10.0 Å². The van der Waals surface area contributed by atoms with Crippen molar-refractivity contribution >= 4 is 55.6 Å². The molecule has 0 bridgehead atoms. The number of methoxy groups -OCH3 is 2. The molecule has 206 valence electrons. The van der Waals surface area contributed by atoms with E-state index in [2.05, 4.69) is 39.0 Å². The fourth-order valence-electron chi connectivity index (χ4n) is 4.95. The number of halogens is 2. The van der Waals surface area contributed by atoms with Crippen LogP contribution in [0.15, 0.2) is 53.4 Å². The van der Waals surface area contributed by atoms with E-state index in [0.29, 0.717) is 55.7 Å². The van der Waals surface area contributed by atoms with Gasteiger partial charge in [0, 0.05) is 47.9 Å².